The van der Waals surface area contributed by atoms with E-state index >= 15 is 0 Å². The first-order chi connectivity index (χ1) is 17.4. The second kappa shape index (κ2) is 12.3. The van der Waals surface area contributed by atoms with Crippen molar-refractivity contribution in [2.24, 2.45) is 0 Å². The van der Waals surface area contributed by atoms with Crippen LogP contribution in [0.4, 0.5) is 0 Å². The van der Waals surface area contributed by atoms with Crippen LogP contribution in [-0.2, 0) is 13.1 Å². The van der Waals surface area contributed by atoms with Crippen molar-refractivity contribution in [1.82, 2.24) is 9.99 Å². The summed E-state index contributed by atoms with van der Waals surface area (Å²) >= 11 is 0. The summed E-state index contributed by atoms with van der Waals surface area (Å²) in [5, 5.41) is 6.84. The van der Waals surface area contributed by atoms with Crippen LogP contribution in [0.1, 0.15) is 36.8 Å². The van der Waals surface area contributed by atoms with Crippen LogP contribution in [0.5, 0.6) is 0 Å². The topological polar surface area (TPSA) is 15.3 Å². The highest BCUT2D eigenvalue weighted by Gasteiger charge is 2.35. The first kappa shape index (κ1) is 23.9. The summed E-state index contributed by atoms with van der Waals surface area (Å²) in [6.07, 6.45) is 5.07. The smallest absolute Gasteiger partial charge is 0.0297 e. The summed E-state index contributed by atoms with van der Waals surface area (Å²) in [6, 6.07) is 45.2. The highest BCUT2D eigenvalue weighted by atomic mass is 31.1. The average molecular weight is 479 g/mol. The molecular weight excluding hydrogens is 443 g/mol. The zero-order chi connectivity index (χ0) is 23.7. The zero-order valence-electron chi connectivity index (χ0n) is 20.3. The van der Waals surface area contributed by atoms with E-state index in [1.54, 1.807) is 0 Å². The second-order valence-corrected chi connectivity index (χ2v) is 11.6. The molecule has 178 valence electrons. The van der Waals surface area contributed by atoms with E-state index in [9.17, 15) is 0 Å². The van der Waals surface area contributed by atoms with Gasteiger partial charge in [-0.15, -0.1) is 0 Å². The molecule has 0 spiro atoms. The minimum Gasteiger partial charge on any atom is -0.308 e. The van der Waals surface area contributed by atoms with Crippen LogP contribution in [0.3, 0.4) is 0 Å². The van der Waals surface area contributed by atoms with Gasteiger partial charge in [-0.1, -0.05) is 134 Å². The summed E-state index contributed by atoms with van der Waals surface area (Å²) in [5.74, 6) is 0. The van der Waals surface area contributed by atoms with Gasteiger partial charge in [0.05, 0.1) is 0 Å². The Labute approximate surface area is 211 Å². The van der Waals surface area contributed by atoms with E-state index in [1.165, 1.54) is 47.4 Å². The highest BCUT2D eigenvalue weighted by Crippen LogP contribution is 2.44. The lowest BCUT2D eigenvalue weighted by atomic mass is 9.90. The first-order valence-corrected chi connectivity index (χ1v) is 14.2. The Morgan fingerprint density at radius 1 is 0.600 bits per heavy atom. The lowest BCUT2D eigenvalue weighted by Crippen LogP contribution is -2.51. The molecule has 1 fully saturated rings. The zero-order valence-corrected chi connectivity index (χ0v) is 21.2. The summed E-state index contributed by atoms with van der Waals surface area (Å²) in [6.45, 7) is 1.89. The summed E-state index contributed by atoms with van der Waals surface area (Å²) < 4.78 is 2.84. The Morgan fingerprint density at radius 3 is 1.66 bits per heavy atom. The van der Waals surface area contributed by atoms with Gasteiger partial charge in [-0.2, -0.15) is 0 Å². The largest absolute Gasteiger partial charge is 0.308 e. The predicted octanol–water partition coefficient (Wildman–Crippen LogP) is 6.64. The molecule has 4 aromatic rings. The highest BCUT2D eigenvalue weighted by molar-refractivity contribution is 7.70. The van der Waals surface area contributed by atoms with E-state index in [0.717, 1.165) is 13.1 Å². The Kier molecular flexibility index (Phi) is 8.39. The Hall–Kier alpha value is -2.77. The molecule has 3 heteroatoms. The van der Waals surface area contributed by atoms with E-state index in [2.05, 4.69) is 131 Å². The molecule has 1 aliphatic rings. The molecular formula is C32H35N2P. The molecule has 0 amide bonds. The maximum Gasteiger partial charge on any atom is 0.0297 e. The Bertz CT molecular complexity index is 1100. The van der Waals surface area contributed by atoms with Gasteiger partial charge in [0.15, 0.2) is 0 Å². The quantitative estimate of drug-likeness (QED) is 0.271. The van der Waals surface area contributed by atoms with Gasteiger partial charge < -0.3 is 5.32 Å². The van der Waals surface area contributed by atoms with E-state index in [1.807, 2.05) is 0 Å². The summed E-state index contributed by atoms with van der Waals surface area (Å²) in [5.41, 5.74) is 2.75. The molecule has 5 rings (SSSR count). The van der Waals surface area contributed by atoms with Crippen molar-refractivity contribution in [1.29, 1.82) is 0 Å². The standard InChI is InChI=1S/C32H35N2P/c1-5-15-27(16-6-1)25-33-31-23-13-14-24-32(31)34(26-28-17-7-2-8-18-28)35(29-19-9-3-10-20-29)30-21-11-4-12-22-30/h1-12,15-22,31-33H,13-14,23-26H2/t31-,32-/m1/s1. The molecule has 2 atom stereocenters. The third-order valence-electron chi connectivity index (χ3n) is 6.97. The molecule has 4 aromatic carbocycles. The van der Waals surface area contributed by atoms with Crippen molar-refractivity contribution < 1.29 is 0 Å². The van der Waals surface area contributed by atoms with Gasteiger partial charge in [-0.05, 0) is 34.6 Å². The number of rotatable bonds is 9. The molecule has 0 aliphatic heterocycles. The molecule has 1 N–H and O–H groups in total. The lowest BCUT2D eigenvalue weighted by molar-refractivity contribution is 0.202. The van der Waals surface area contributed by atoms with Crippen LogP contribution in [0.25, 0.3) is 0 Å². The molecule has 35 heavy (non-hydrogen) atoms. The number of benzene rings is 4. The third kappa shape index (κ3) is 6.27. The number of hydrogen-bond donors (Lipinski definition) is 1. The van der Waals surface area contributed by atoms with Crippen LogP contribution in [-0.4, -0.2) is 16.8 Å². The molecule has 2 nitrogen and oxygen atoms in total. The second-order valence-electron chi connectivity index (χ2n) is 9.39. The molecule has 1 aliphatic carbocycles. The van der Waals surface area contributed by atoms with Crippen molar-refractivity contribution in [3.8, 4) is 0 Å². The fourth-order valence-electron chi connectivity index (χ4n) is 5.24. The van der Waals surface area contributed by atoms with Crippen LogP contribution in [0.15, 0.2) is 121 Å². The third-order valence-corrected chi connectivity index (χ3v) is 9.50. The SMILES string of the molecule is c1ccc(CN[C@@H]2CCCC[C@H]2N(Cc2ccccc2)P(c2ccccc2)c2ccccc2)cc1. The van der Waals surface area contributed by atoms with Gasteiger partial charge in [-0.25, -0.2) is 0 Å². The van der Waals surface area contributed by atoms with Crippen LogP contribution < -0.4 is 15.9 Å². The Morgan fingerprint density at radius 2 is 1.09 bits per heavy atom. The van der Waals surface area contributed by atoms with E-state index in [4.69, 9.17) is 0 Å². The van der Waals surface area contributed by atoms with Crippen LogP contribution >= 0.6 is 8.07 Å². The lowest BCUT2D eigenvalue weighted by Gasteiger charge is -2.44. The molecule has 0 radical (unpaired) electrons. The van der Waals surface area contributed by atoms with Crippen molar-refractivity contribution in [3.63, 3.8) is 0 Å². The predicted molar refractivity (Wildman–Crippen MR) is 150 cm³/mol. The van der Waals surface area contributed by atoms with Crippen molar-refractivity contribution in [3.05, 3.63) is 132 Å². The van der Waals surface area contributed by atoms with Crippen LogP contribution in [0.2, 0.25) is 0 Å². The first-order valence-electron chi connectivity index (χ1n) is 12.9. The van der Waals surface area contributed by atoms with Gasteiger partial charge in [0.1, 0.15) is 0 Å². The molecule has 0 unspecified atom stereocenters. The van der Waals surface area contributed by atoms with Gasteiger partial charge in [0.2, 0.25) is 0 Å². The molecule has 0 saturated heterocycles. The molecule has 0 heterocycles. The minimum absolute atomic E-state index is 0.477. The van der Waals surface area contributed by atoms with E-state index in [0.29, 0.717) is 12.1 Å². The fourth-order valence-corrected chi connectivity index (χ4v) is 7.92. The molecule has 0 aromatic heterocycles. The van der Waals surface area contributed by atoms with Crippen molar-refractivity contribution in [2.75, 3.05) is 0 Å². The van der Waals surface area contributed by atoms with Gasteiger partial charge >= 0.3 is 0 Å². The summed E-state index contributed by atoms with van der Waals surface area (Å²) in [4.78, 5) is 0. The van der Waals surface area contributed by atoms with Gasteiger partial charge in [0, 0.05) is 33.2 Å². The molecule has 1 saturated carbocycles. The maximum atomic E-state index is 3.98. The normalized spacial score (nSPS) is 18.1. The van der Waals surface area contributed by atoms with Gasteiger partial charge in [-0.3, -0.25) is 4.67 Å². The van der Waals surface area contributed by atoms with Crippen molar-refractivity contribution >= 4 is 18.7 Å². The average Bonchev–Trinajstić information content (AvgIpc) is 2.94. The van der Waals surface area contributed by atoms with Crippen molar-refractivity contribution in [2.45, 2.75) is 50.9 Å². The fraction of sp³-hybridized carbons (Fsp3) is 0.250. The monoisotopic (exact) mass is 478 g/mol. The van der Waals surface area contributed by atoms with Gasteiger partial charge in [0.25, 0.3) is 0 Å². The summed E-state index contributed by atoms with van der Waals surface area (Å²) in [7, 11) is -0.659. The van der Waals surface area contributed by atoms with E-state index < -0.39 is 8.07 Å². The maximum absolute atomic E-state index is 3.98. The molecule has 0 bridgehead atoms. The number of nitrogens with one attached hydrogen (secondary N) is 1. The van der Waals surface area contributed by atoms with Crippen LogP contribution in [0, 0.1) is 0 Å². The van der Waals surface area contributed by atoms with E-state index in [-0.39, 0.29) is 0 Å². The minimum atomic E-state index is -0.659. The number of nitrogens with zero attached hydrogens (tertiary/aromatic N) is 1. The Balaban J connectivity index is 1.51. The number of hydrogen-bond acceptors (Lipinski definition) is 2.